The molecule has 0 spiro atoms. The van der Waals surface area contributed by atoms with Crippen LogP contribution in [0.5, 0.6) is 5.75 Å². The molecule has 0 bridgehead atoms. The van der Waals surface area contributed by atoms with Crippen LogP contribution >= 0.6 is 23.4 Å². The van der Waals surface area contributed by atoms with E-state index in [-0.39, 0.29) is 35.8 Å². The van der Waals surface area contributed by atoms with E-state index in [2.05, 4.69) is 0 Å². The molecular formula is C23H23ClF2O4S2. The molecule has 5 rings (SSSR count). The van der Waals surface area contributed by atoms with E-state index in [1.165, 1.54) is 24.3 Å². The molecule has 0 N–H and O–H groups in total. The standard InChI is InChI=1S/C23H23ClF2O4S2/c24-14-3-5-16(6-4-14)32(27,28)23-9-10-29-20(12-15-2-1-11-31-15)17(23)13-30-22-19(26)8-7-18(25)21(22)23/h3-8,15,17,20H,1-2,9-13H2/t15?,17-,20-,23-/m0/s1. The van der Waals surface area contributed by atoms with Crippen LogP contribution in [0.15, 0.2) is 41.3 Å². The number of hydrogen-bond acceptors (Lipinski definition) is 5. The van der Waals surface area contributed by atoms with Crippen LogP contribution in [0.2, 0.25) is 5.02 Å². The van der Waals surface area contributed by atoms with Crippen LogP contribution in [-0.2, 0) is 19.3 Å². The Balaban J connectivity index is 1.70. The van der Waals surface area contributed by atoms with Gasteiger partial charge in [-0.05, 0) is 67.8 Å². The van der Waals surface area contributed by atoms with Gasteiger partial charge in [0.2, 0.25) is 0 Å². The van der Waals surface area contributed by atoms with Crippen molar-refractivity contribution in [1.82, 2.24) is 0 Å². The predicted octanol–water partition coefficient (Wildman–Crippen LogP) is 5.37. The molecule has 172 valence electrons. The van der Waals surface area contributed by atoms with Gasteiger partial charge in [-0.15, -0.1) is 0 Å². The first kappa shape index (κ1) is 22.4. The molecule has 1 unspecified atom stereocenters. The van der Waals surface area contributed by atoms with E-state index in [4.69, 9.17) is 21.1 Å². The summed E-state index contributed by atoms with van der Waals surface area (Å²) in [6.45, 7) is 0.0863. The van der Waals surface area contributed by atoms with Crippen molar-refractivity contribution in [3.05, 3.63) is 58.6 Å². The zero-order valence-electron chi connectivity index (χ0n) is 17.2. The second kappa shape index (κ2) is 8.46. The zero-order valence-corrected chi connectivity index (χ0v) is 19.6. The zero-order chi connectivity index (χ0) is 22.5. The van der Waals surface area contributed by atoms with Gasteiger partial charge >= 0.3 is 0 Å². The van der Waals surface area contributed by atoms with E-state index in [0.29, 0.717) is 16.7 Å². The Morgan fingerprint density at radius 1 is 1.12 bits per heavy atom. The van der Waals surface area contributed by atoms with Crippen molar-refractivity contribution in [1.29, 1.82) is 0 Å². The van der Waals surface area contributed by atoms with E-state index in [1.54, 1.807) is 0 Å². The van der Waals surface area contributed by atoms with Gasteiger partial charge in [0.1, 0.15) is 10.6 Å². The molecule has 4 nitrogen and oxygen atoms in total. The predicted molar refractivity (Wildman–Crippen MR) is 120 cm³/mol. The topological polar surface area (TPSA) is 52.6 Å². The molecule has 2 aromatic carbocycles. The van der Waals surface area contributed by atoms with E-state index >= 15 is 4.39 Å². The number of benzene rings is 2. The van der Waals surface area contributed by atoms with Crippen LogP contribution in [-0.4, -0.2) is 38.7 Å². The molecule has 3 aliphatic heterocycles. The highest BCUT2D eigenvalue weighted by Gasteiger charge is 2.61. The molecular weight excluding hydrogens is 478 g/mol. The van der Waals surface area contributed by atoms with Crippen molar-refractivity contribution < 1.29 is 26.7 Å². The van der Waals surface area contributed by atoms with Gasteiger partial charge in [-0.2, -0.15) is 11.8 Å². The molecule has 3 heterocycles. The summed E-state index contributed by atoms with van der Waals surface area (Å²) in [6.07, 6.45) is 2.39. The third kappa shape index (κ3) is 3.45. The SMILES string of the molecule is O=S(=O)(c1ccc(Cl)cc1)[C@@]12CCO[C@@H](CC3CCCS3)[C@@H]1COc1c(F)ccc(F)c12. The van der Waals surface area contributed by atoms with Crippen molar-refractivity contribution in [2.45, 2.75) is 46.7 Å². The summed E-state index contributed by atoms with van der Waals surface area (Å²) in [6, 6.07) is 7.79. The lowest BCUT2D eigenvalue weighted by Gasteiger charge is -2.50. The number of ether oxygens (including phenoxy) is 2. The number of sulfone groups is 1. The highest BCUT2D eigenvalue weighted by Crippen LogP contribution is 2.56. The van der Waals surface area contributed by atoms with Gasteiger partial charge in [0.25, 0.3) is 0 Å². The lowest BCUT2D eigenvalue weighted by molar-refractivity contribution is -0.0757. The van der Waals surface area contributed by atoms with Gasteiger partial charge in [-0.25, -0.2) is 17.2 Å². The van der Waals surface area contributed by atoms with Crippen LogP contribution < -0.4 is 4.74 Å². The Labute approximate surface area is 195 Å². The van der Waals surface area contributed by atoms with Crippen molar-refractivity contribution >= 4 is 33.2 Å². The number of rotatable bonds is 4. The molecule has 0 amide bonds. The Morgan fingerprint density at radius 3 is 2.59 bits per heavy atom. The Bertz CT molecular complexity index is 1120. The maximum absolute atomic E-state index is 15.3. The van der Waals surface area contributed by atoms with Crippen molar-refractivity contribution in [2.24, 2.45) is 5.92 Å². The second-order valence-electron chi connectivity index (χ2n) is 8.53. The van der Waals surface area contributed by atoms with Crippen LogP contribution in [0.1, 0.15) is 31.2 Å². The van der Waals surface area contributed by atoms with Gasteiger partial charge in [0.15, 0.2) is 21.4 Å². The van der Waals surface area contributed by atoms with E-state index in [1.807, 2.05) is 11.8 Å². The second-order valence-corrected chi connectivity index (χ2v) is 12.6. The summed E-state index contributed by atoms with van der Waals surface area (Å²) in [5.41, 5.74) is -0.212. The summed E-state index contributed by atoms with van der Waals surface area (Å²) in [5, 5.41) is 0.749. The number of thioether (sulfide) groups is 1. The van der Waals surface area contributed by atoms with Crippen LogP contribution in [0.4, 0.5) is 8.78 Å². The fourth-order valence-corrected chi connectivity index (χ4v) is 9.17. The summed E-state index contributed by atoms with van der Waals surface area (Å²) in [4.78, 5) is 0.0271. The molecule has 0 aliphatic carbocycles. The summed E-state index contributed by atoms with van der Waals surface area (Å²) in [7, 11) is -4.15. The molecule has 0 aromatic heterocycles. The summed E-state index contributed by atoms with van der Waals surface area (Å²) in [5.74, 6) is -1.45. The van der Waals surface area contributed by atoms with Crippen LogP contribution in [0, 0.1) is 17.6 Å². The third-order valence-corrected chi connectivity index (χ3v) is 11.1. The molecule has 32 heavy (non-hydrogen) atoms. The van der Waals surface area contributed by atoms with Crippen LogP contribution in [0.3, 0.4) is 0 Å². The molecule has 2 saturated heterocycles. The smallest absolute Gasteiger partial charge is 0.189 e. The third-order valence-electron chi connectivity index (χ3n) is 6.86. The monoisotopic (exact) mass is 500 g/mol. The van der Waals surface area contributed by atoms with Crippen molar-refractivity contribution in [3.8, 4) is 5.75 Å². The van der Waals surface area contributed by atoms with E-state index in [0.717, 1.165) is 30.7 Å². The number of fused-ring (bicyclic) bond motifs is 3. The van der Waals surface area contributed by atoms with Crippen molar-refractivity contribution in [3.63, 3.8) is 0 Å². The molecule has 0 saturated carbocycles. The van der Waals surface area contributed by atoms with Gasteiger partial charge in [0, 0.05) is 22.8 Å². The first-order valence-corrected chi connectivity index (χ1v) is 13.6. The van der Waals surface area contributed by atoms with Gasteiger partial charge < -0.3 is 9.47 Å². The number of hydrogen-bond donors (Lipinski definition) is 0. The quantitative estimate of drug-likeness (QED) is 0.565. The molecule has 2 aromatic rings. The summed E-state index contributed by atoms with van der Waals surface area (Å²) < 4.78 is 68.5. The largest absolute Gasteiger partial charge is 0.490 e. The van der Waals surface area contributed by atoms with E-state index in [9.17, 15) is 12.8 Å². The lowest BCUT2D eigenvalue weighted by Crippen LogP contribution is -2.58. The molecule has 4 atom stereocenters. The molecule has 0 radical (unpaired) electrons. The molecule has 9 heteroatoms. The van der Waals surface area contributed by atoms with Gasteiger partial charge in [0.05, 0.1) is 23.2 Å². The Hall–Kier alpha value is -1.35. The van der Waals surface area contributed by atoms with Gasteiger partial charge in [-0.1, -0.05) is 11.6 Å². The van der Waals surface area contributed by atoms with E-state index < -0.39 is 38.2 Å². The highest BCUT2D eigenvalue weighted by atomic mass is 35.5. The lowest BCUT2D eigenvalue weighted by atomic mass is 9.74. The van der Waals surface area contributed by atoms with Crippen molar-refractivity contribution in [2.75, 3.05) is 19.0 Å². The summed E-state index contributed by atoms with van der Waals surface area (Å²) >= 11 is 7.83. The average molecular weight is 501 g/mol. The minimum absolute atomic E-state index is 0.0215. The molecule has 3 aliphatic rings. The average Bonchev–Trinajstić information content (AvgIpc) is 3.29. The Morgan fingerprint density at radius 2 is 1.88 bits per heavy atom. The fourth-order valence-electron chi connectivity index (χ4n) is 5.37. The minimum Gasteiger partial charge on any atom is -0.490 e. The van der Waals surface area contributed by atoms with Gasteiger partial charge in [-0.3, -0.25) is 0 Å². The minimum atomic E-state index is -4.15. The van der Waals surface area contributed by atoms with Crippen LogP contribution in [0.25, 0.3) is 0 Å². The first-order chi connectivity index (χ1) is 15.3. The maximum Gasteiger partial charge on any atom is 0.189 e. The maximum atomic E-state index is 15.3. The molecule has 2 fully saturated rings. The normalized spacial score (nSPS) is 29.8. The highest BCUT2D eigenvalue weighted by molar-refractivity contribution is 8.00. The fraction of sp³-hybridized carbons (Fsp3) is 0.478. The Kier molecular flexibility index (Phi) is 5.93. The number of halogens is 3. The first-order valence-electron chi connectivity index (χ1n) is 10.7.